The number of amides is 1. The normalized spacial score (nSPS) is 29.1. The van der Waals surface area contributed by atoms with Crippen molar-refractivity contribution in [1.29, 1.82) is 0 Å². The Kier molecular flexibility index (Phi) is 4.17. The van der Waals surface area contributed by atoms with Crippen molar-refractivity contribution in [3.8, 4) is 0 Å². The van der Waals surface area contributed by atoms with Crippen molar-refractivity contribution in [1.82, 2.24) is 4.90 Å². The Morgan fingerprint density at radius 2 is 1.90 bits per heavy atom. The first-order chi connectivity index (χ1) is 9.98. The third-order valence-electron chi connectivity index (χ3n) is 4.82. The number of benzene rings is 1. The van der Waals surface area contributed by atoms with Gasteiger partial charge in [0, 0.05) is 34.6 Å². The summed E-state index contributed by atoms with van der Waals surface area (Å²) < 4.78 is 0. The number of hydrogen-bond donors (Lipinski definition) is 1. The largest absolute Gasteiger partial charge is 0.389 e. The second-order valence-corrected chi connectivity index (χ2v) is 7.08. The van der Waals surface area contributed by atoms with Gasteiger partial charge in [0.2, 0.25) is 0 Å². The molecular weight excluding hydrogens is 309 g/mol. The maximum absolute atomic E-state index is 12.6. The van der Waals surface area contributed by atoms with Crippen molar-refractivity contribution in [2.24, 2.45) is 5.92 Å². The van der Waals surface area contributed by atoms with Crippen molar-refractivity contribution < 1.29 is 9.90 Å². The molecule has 2 aliphatic rings. The zero-order valence-electron chi connectivity index (χ0n) is 11.8. The van der Waals surface area contributed by atoms with Crippen LogP contribution in [0.4, 0.5) is 0 Å². The molecule has 1 aromatic carbocycles. The molecule has 1 amide bonds. The maximum Gasteiger partial charge on any atom is 0.253 e. The van der Waals surface area contributed by atoms with Gasteiger partial charge < -0.3 is 10.0 Å². The lowest BCUT2D eigenvalue weighted by Gasteiger charge is -2.47. The summed E-state index contributed by atoms with van der Waals surface area (Å²) in [4.78, 5) is 14.4. The zero-order chi connectivity index (χ0) is 15.0. The van der Waals surface area contributed by atoms with E-state index in [9.17, 15) is 9.90 Å². The minimum absolute atomic E-state index is 0.0491. The van der Waals surface area contributed by atoms with Crippen LogP contribution in [0, 0.1) is 5.92 Å². The van der Waals surface area contributed by atoms with Crippen LogP contribution in [0.25, 0.3) is 0 Å². The van der Waals surface area contributed by atoms with Gasteiger partial charge in [0.15, 0.2) is 0 Å². The molecule has 0 bridgehead atoms. The van der Waals surface area contributed by atoms with Gasteiger partial charge in [-0.1, -0.05) is 36.0 Å². The van der Waals surface area contributed by atoms with Gasteiger partial charge >= 0.3 is 0 Å². The van der Waals surface area contributed by atoms with E-state index in [1.54, 1.807) is 18.2 Å². The Morgan fingerprint density at radius 3 is 2.62 bits per heavy atom. The molecule has 3 rings (SSSR count). The molecule has 5 heteroatoms. The number of nitrogens with zero attached hydrogens (tertiary/aromatic N) is 1. The van der Waals surface area contributed by atoms with Crippen molar-refractivity contribution >= 4 is 29.1 Å². The van der Waals surface area contributed by atoms with Crippen LogP contribution in [0.15, 0.2) is 18.2 Å². The SMILES string of the molecule is O=C(c1cc(Cl)cc(Cl)c1)N1CCC2(O)CCCCC2C1. The van der Waals surface area contributed by atoms with Crippen LogP contribution in [-0.4, -0.2) is 34.6 Å². The van der Waals surface area contributed by atoms with Crippen molar-refractivity contribution in [3.05, 3.63) is 33.8 Å². The third-order valence-corrected chi connectivity index (χ3v) is 5.26. The summed E-state index contributed by atoms with van der Waals surface area (Å²) >= 11 is 11.9. The molecule has 114 valence electrons. The number of carbonyl (C=O) groups is 1. The molecule has 0 spiro atoms. The highest BCUT2D eigenvalue weighted by molar-refractivity contribution is 6.35. The van der Waals surface area contributed by atoms with Crippen LogP contribution < -0.4 is 0 Å². The van der Waals surface area contributed by atoms with Crippen LogP contribution in [0.3, 0.4) is 0 Å². The smallest absolute Gasteiger partial charge is 0.253 e. The molecule has 1 saturated heterocycles. The number of hydrogen-bond acceptors (Lipinski definition) is 2. The summed E-state index contributed by atoms with van der Waals surface area (Å²) in [5.74, 6) is 0.144. The fourth-order valence-corrected chi connectivity index (χ4v) is 4.14. The Bertz CT molecular complexity index is 543. The summed E-state index contributed by atoms with van der Waals surface area (Å²) in [7, 11) is 0. The van der Waals surface area contributed by atoms with Crippen LogP contribution >= 0.6 is 23.2 Å². The molecule has 2 unspecified atom stereocenters. The molecule has 2 fully saturated rings. The van der Waals surface area contributed by atoms with Gasteiger partial charge in [0.25, 0.3) is 5.91 Å². The first-order valence-corrected chi connectivity index (χ1v) is 8.21. The number of aliphatic hydroxyl groups is 1. The lowest BCUT2D eigenvalue weighted by atomic mass is 9.71. The quantitative estimate of drug-likeness (QED) is 0.853. The van der Waals surface area contributed by atoms with Gasteiger partial charge in [0.05, 0.1) is 5.60 Å². The van der Waals surface area contributed by atoms with Crippen molar-refractivity contribution in [3.63, 3.8) is 0 Å². The topological polar surface area (TPSA) is 40.5 Å². The number of fused-ring (bicyclic) bond motifs is 1. The highest BCUT2D eigenvalue weighted by Gasteiger charge is 2.43. The first-order valence-electron chi connectivity index (χ1n) is 7.46. The molecular formula is C16H19Cl2NO2. The van der Waals surface area contributed by atoms with Gasteiger partial charge in [-0.05, 0) is 37.5 Å². The fraction of sp³-hybridized carbons (Fsp3) is 0.562. The Hall–Kier alpha value is -0.770. The molecule has 1 heterocycles. The van der Waals surface area contributed by atoms with E-state index in [0.29, 0.717) is 35.1 Å². The van der Waals surface area contributed by atoms with Crippen LogP contribution in [0.1, 0.15) is 42.5 Å². The van der Waals surface area contributed by atoms with Crippen molar-refractivity contribution in [2.75, 3.05) is 13.1 Å². The average Bonchev–Trinajstić information content (AvgIpc) is 2.44. The van der Waals surface area contributed by atoms with E-state index < -0.39 is 5.60 Å². The molecule has 2 atom stereocenters. The number of carbonyl (C=O) groups excluding carboxylic acids is 1. The van der Waals surface area contributed by atoms with E-state index in [0.717, 1.165) is 25.7 Å². The summed E-state index contributed by atoms with van der Waals surface area (Å²) in [6.07, 6.45) is 4.75. The predicted octanol–water partition coefficient (Wildman–Crippen LogP) is 3.76. The van der Waals surface area contributed by atoms with Crippen molar-refractivity contribution in [2.45, 2.75) is 37.7 Å². The number of rotatable bonds is 1. The van der Waals surface area contributed by atoms with E-state index in [1.807, 2.05) is 4.90 Å². The second kappa shape index (κ2) is 5.79. The molecule has 1 saturated carbocycles. The first kappa shape index (κ1) is 15.1. The number of piperidine rings is 1. The van der Waals surface area contributed by atoms with Gasteiger partial charge in [-0.15, -0.1) is 0 Å². The molecule has 1 aliphatic carbocycles. The van der Waals surface area contributed by atoms with Gasteiger partial charge in [0.1, 0.15) is 0 Å². The Labute approximate surface area is 134 Å². The van der Waals surface area contributed by atoms with E-state index in [-0.39, 0.29) is 11.8 Å². The zero-order valence-corrected chi connectivity index (χ0v) is 13.3. The van der Waals surface area contributed by atoms with Crippen LogP contribution in [0.5, 0.6) is 0 Å². The predicted molar refractivity (Wildman–Crippen MR) is 83.9 cm³/mol. The van der Waals surface area contributed by atoms with Gasteiger partial charge in [-0.2, -0.15) is 0 Å². The lowest BCUT2D eigenvalue weighted by Crippen LogP contribution is -2.54. The second-order valence-electron chi connectivity index (χ2n) is 6.21. The molecule has 0 aromatic heterocycles. The molecule has 0 radical (unpaired) electrons. The molecule has 21 heavy (non-hydrogen) atoms. The summed E-state index contributed by atoms with van der Waals surface area (Å²) in [5, 5.41) is 11.6. The summed E-state index contributed by atoms with van der Waals surface area (Å²) in [6.45, 7) is 1.22. The maximum atomic E-state index is 12.6. The average molecular weight is 328 g/mol. The highest BCUT2D eigenvalue weighted by Crippen LogP contribution is 2.40. The monoisotopic (exact) mass is 327 g/mol. The Balaban J connectivity index is 1.77. The number of likely N-dealkylation sites (tertiary alicyclic amines) is 1. The van der Waals surface area contributed by atoms with E-state index in [2.05, 4.69) is 0 Å². The Morgan fingerprint density at radius 1 is 1.19 bits per heavy atom. The standard InChI is InChI=1S/C16H19Cl2NO2/c17-13-7-11(8-14(18)9-13)15(20)19-6-5-16(21)4-2-1-3-12(16)10-19/h7-9,12,21H,1-6,10H2. The minimum Gasteiger partial charge on any atom is -0.389 e. The molecule has 1 N–H and O–H groups in total. The van der Waals surface area contributed by atoms with E-state index in [1.165, 1.54) is 0 Å². The van der Waals surface area contributed by atoms with Gasteiger partial charge in [-0.3, -0.25) is 4.79 Å². The minimum atomic E-state index is -0.568. The van der Waals surface area contributed by atoms with E-state index >= 15 is 0 Å². The molecule has 3 nitrogen and oxygen atoms in total. The summed E-state index contributed by atoms with van der Waals surface area (Å²) in [6, 6.07) is 4.92. The molecule has 1 aliphatic heterocycles. The third kappa shape index (κ3) is 3.05. The van der Waals surface area contributed by atoms with Gasteiger partial charge in [-0.25, -0.2) is 0 Å². The molecule has 1 aromatic rings. The van der Waals surface area contributed by atoms with Crippen LogP contribution in [-0.2, 0) is 0 Å². The summed E-state index contributed by atoms with van der Waals surface area (Å²) in [5.41, 5.74) is -0.0465. The lowest BCUT2D eigenvalue weighted by molar-refractivity contribution is -0.0886. The van der Waals surface area contributed by atoms with E-state index in [4.69, 9.17) is 23.2 Å². The highest BCUT2D eigenvalue weighted by atomic mass is 35.5. The number of halogens is 2. The van der Waals surface area contributed by atoms with Crippen LogP contribution in [0.2, 0.25) is 10.0 Å². The fourth-order valence-electron chi connectivity index (χ4n) is 3.62.